The summed E-state index contributed by atoms with van der Waals surface area (Å²) in [4.78, 5) is 0. The summed E-state index contributed by atoms with van der Waals surface area (Å²) < 4.78 is 30.2. The zero-order valence-corrected chi connectivity index (χ0v) is 12.5. The Bertz CT molecular complexity index is 282. The summed E-state index contributed by atoms with van der Waals surface area (Å²) in [5.41, 5.74) is 0. The Labute approximate surface area is 98.9 Å². The second kappa shape index (κ2) is 7.30. The summed E-state index contributed by atoms with van der Waals surface area (Å²) in [5, 5.41) is 0. The first-order valence-electron chi connectivity index (χ1n) is 3.89. The van der Waals surface area contributed by atoms with E-state index in [0.717, 1.165) is 12.1 Å². The molecule has 1 aromatic rings. The first kappa shape index (κ1) is 14.0. The predicted molar refractivity (Wildman–Crippen MR) is 49.9 cm³/mol. The van der Waals surface area contributed by atoms with Crippen molar-refractivity contribution in [2.24, 2.45) is 0 Å². The van der Waals surface area contributed by atoms with Gasteiger partial charge in [-0.3, -0.25) is 8.78 Å². The van der Waals surface area contributed by atoms with Gasteiger partial charge in [-0.2, -0.15) is 0 Å². The summed E-state index contributed by atoms with van der Waals surface area (Å²) >= 11 is 4.25. The van der Waals surface area contributed by atoms with Crippen LogP contribution in [-0.4, -0.2) is 6.10 Å². The number of halogens is 3. The van der Waals surface area contributed by atoms with Gasteiger partial charge in [-0.15, -0.1) is 12.1 Å². The van der Waals surface area contributed by atoms with E-state index in [4.69, 9.17) is 4.74 Å². The number of hydrogen-bond acceptors (Lipinski definition) is 1. The normalized spacial score (nSPS) is 9.43. The molecule has 0 radical (unpaired) electrons. The Balaban J connectivity index is 0.000000791. The van der Waals surface area contributed by atoms with Gasteiger partial charge in [-0.1, -0.05) is 6.07 Å². The summed E-state index contributed by atoms with van der Waals surface area (Å²) in [5.74, 6) is -1.40. The summed E-state index contributed by atoms with van der Waals surface area (Å²) in [6.45, 7) is 3.52. The van der Waals surface area contributed by atoms with Crippen LogP contribution in [0, 0.1) is 17.7 Å². The Morgan fingerprint density at radius 2 is 2.00 bits per heavy atom. The van der Waals surface area contributed by atoms with Crippen molar-refractivity contribution >= 4 is 13.6 Å². The van der Waals surface area contributed by atoms with Gasteiger partial charge < -0.3 is 4.74 Å². The molecule has 0 fully saturated rings. The van der Waals surface area contributed by atoms with Gasteiger partial charge in [0.05, 0.1) is 11.9 Å². The molecule has 0 unspecified atom stereocenters. The molecule has 0 amide bonds. The molecular formula is C9H9BrF2OZn. The quantitative estimate of drug-likeness (QED) is 0.600. The zero-order valence-electron chi connectivity index (χ0n) is 7.98. The van der Waals surface area contributed by atoms with Crippen LogP contribution in [0.3, 0.4) is 0 Å². The first-order chi connectivity index (χ1) is 6.59. The molecule has 0 aliphatic heterocycles. The van der Waals surface area contributed by atoms with Crippen LogP contribution in [-0.2, 0) is 16.3 Å². The van der Waals surface area contributed by atoms with Crippen molar-refractivity contribution in [2.75, 3.05) is 0 Å². The average molecular weight is 316 g/mol. The average Bonchev–Trinajstić information content (AvgIpc) is 2.13. The fraction of sp³-hybridized carbons (Fsp3) is 0.333. The van der Waals surface area contributed by atoms with E-state index >= 15 is 0 Å². The van der Waals surface area contributed by atoms with Crippen LogP contribution in [0.2, 0.25) is 0 Å². The third-order valence-electron chi connectivity index (χ3n) is 1.18. The van der Waals surface area contributed by atoms with Crippen LogP contribution in [0.4, 0.5) is 8.78 Å². The maximum atomic E-state index is 12.8. The fourth-order valence-corrected chi connectivity index (χ4v) is 0.758. The SMILES string of the molecule is CC(C)Oc1[c-]cc(F)cc1F.[Zn+][Br]. The Kier molecular flexibility index (Phi) is 7.29. The Morgan fingerprint density at radius 1 is 1.43 bits per heavy atom. The molecule has 0 aromatic heterocycles. The monoisotopic (exact) mass is 314 g/mol. The van der Waals surface area contributed by atoms with Crippen molar-refractivity contribution in [3.05, 3.63) is 29.8 Å². The Hall–Kier alpha value is -0.0166. The molecule has 74 valence electrons. The van der Waals surface area contributed by atoms with Gasteiger partial charge in [0.15, 0.2) is 0 Å². The van der Waals surface area contributed by atoms with Crippen LogP contribution in [0.1, 0.15) is 13.8 Å². The summed E-state index contributed by atoms with van der Waals surface area (Å²) in [6.07, 6.45) is -0.138. The molecular weight excluding hydrogens is 307 g/mol. The van der Waals surface area contributed by atoms with Crippen LogP contribution in [0.5, 0.6) is 5.75 Å². The maximum absolute atomic E-state index is 12.8. The zero-order chi connectivity index (χ0) is 11.1. The van der Waals surface area contributed by atoms with Crippen molar-refractivity contribution in [3.63, 3.8) is 0 Å². The van der Waals surface area contributed by atoms with Crippen molar-refractivity contribution in [2.45, 2.75) is 20.0 Å². The van der Waals surface area contributed by atoms with Crippen molar-refractivity contribution in [1.82, 2.24) is 0 Å². The molecule has 1 aromatic carbocycles. The minimum absolute atomic E-state index is 0.0357. The predicted octanol–water partition coefficient (Wildman–Crippen LogP) is 3.40. The van der Waals surface area contributed by atoms with Crippen molar-refractivity contribution < 1.29 is 29.9 Å². The molecule has 5 heteroatoms. The molecule has 0 saturated carbocycles. The van der Waals surface area contributed by atoms with Gasteiger partial charge in [0, 0.05) is 11.6 Å². The molecule has 0 bridgehead atoms. The van der Waals surface area contributed by atoms with Gasteiger partial charge in [0.2, 0.25) is 0 Å². The molecule has 0 aliphatic carbocycles. The molecule has 0 atom stereocenters. The molecule has 0 saturated heterocycles. The third kappa shape index (κ3) is 5.01. The molecule has 0 heterocycles. The van der Waals surface area contributed by atoms with Gasteiger partial charge in [0.25, 0.3) is 0 Å². The van der Waals surface area contributed by atoms with E-state index in [-0.39, 0.29) is 11.9 Å². The molecule has 1 nitrogen and oxygen atoms in total. The standard InChI is InChI=1S/C9H9F2O.BrH.Zn/c1-6(2)12-9-4-3-7(10)5-8(9)11;;/h3,5-6H,1-2H3;1H;/q-1;;+2/p-1. The topological polar surface area (TPSA) is 9.23 Å². The van der Waals surface area contributed by atoms with Gasteiger partial charge in [-0.25, -0.2) is 0 Å². The van der Waals surface area contributed by atoms with Crippen LogP contribution < -0.4 is 4.74 Å². The number of ether oxygens (including phenoxy) is 1. The van der Waals surface area contributed by atoms with Crippen LogP contribution >= 0.6 is 13.6 Å². The van der Waals surface area contributed by atoms with E-state index in [0.29, 0.717) is 0 Å². The summed E-state index contributed by atoms with van der Waals surface area (Å²) in [7, 11) is 0. The van der Waals surface area contributed by atoms with E-state index in [2.05, 4.69) is 19.7 Å². The van der Waals surface area contributed by atoms with E-state index in [1.807, 2.05) is 0 Å². The first-order valence-corrected chi connectivity index (χ1v) is 10.8. The fourth-order valence-electron chi connectivity index (χ4n) is 0.758. The van der Waals surface area contributed by atoms with E-state index < -0.39 is 11.6 Å². The second-order valence-electron chi connectivity index (χ2n) is 2.66. The van der Waals surface area contributed by atoms with Crippen LogP contribution in [0.25, 0.3) is 0 Å². The van der Waals surface area contributed by atoms with Crippen LogP contribution in [0.15, 0.2) is 12.1 Å². The second-order valence-corrected chi connectivity index (χ2v) is 2.66. The van der Waals surface area contributed by atoms with Gasteiger partial charge in [-0.05, 0) is 13.8 Å². The minimum atomic E-state index is -0.719. The molecule has 0 aliphatic rings. The molecule has 1 rings (SSSR count). The van der Waals surface area contributed by atoms with E-state index in [1.54, 1.807) is 13.8 Å². The van der Waals surface area contributed by atoms with Gasteiger partial charge >= 0.3 is 30.0 Å². The van der Waals surface area contributed by atoms with E-state index in [1.165, 1.54) is 16.3 Å². The van der Waals surface area contributed by atoms with Crippen molar-refractivity contribution in [1.29, 1.82) is 0 Å². The number of hydrogen-bond donors (Lipinski definition) is 0. The van der Waals surface area contributed by atoms with Gasteiger partial charge in [0.1, 0.15) is 0 Å². The Morgan fingerprint density at radius 3 is 2.43 bits per heavy atom. The molecule has 0 N–H and O–H groups in total. The summed E-state index contributed by atoms with van der Waals surface area (Å²) in [6, 6.07) is 4.18. The third-order valence-corrected chi connectivity index (χ3v) is 1.18. The number of benzene rings is 1. The van der Waals surface area contributed by atoms with E-state index in [9.17, 15) is 8.78 Å². The van der Waals surface area contributed by atoms with Crippen molar-refractivity contribution in [3.8, 4) is 5.75 Å². The number of rotatable bonds is 2. The molecule has 0 spiro atoms. The molecule has 14 heavy (non-hydrogen) atoms.